The molecule has 0 aliphatic heterocycles. The molecule has 146 valence electrons. The maximum atomic E-state index is 3.32. The van der Waals surface area contributed by atoms with E-state index < -0.39 is 0 Å². The van der Waals surface area contributed by atoms with Crippen LogP contribution in [0.15, 0.2) is 54.6 Å². The first-order chi connectivity index (χ1) is 13.8. The van der Waals surface area contributed by atoms with Crippen LogP contribution in [0.1, 0.15) is 93.4 Å². The van der Waals surface area contributed by atoms with Crippen molar-refractivity contribution in [3.05, 3.63) is 76.9 Å². The van der Waals surface area contributed by atoms with E-state index in [9.17, 15) is 0 Å². The summed E-state index contributed by atoms with van der Waals surface area (Å²) in [7, 11) is 0. The molecule has 1 saturated carbocycles. The highest BCUT2D eigenvalue weighted by molar-refractivity contribution is 5.52. The molecule has 3 rings (SSSR count). The van der Waals surface area contributed by atoms with Gasteiger partial charge in [0.1, 0.15) is 0 Å². The van der Waals surface area contributed by atoms with Crippen LogP contribution in [-0.2, 0) is 0 Å². The van der Waals surface area contributed by atoms with E-state index >= 15 is 0 Å². The Balaban J connectivity index is 1.56. The van der Waals surface area contributed by atoms with Gasteiger partial charge >= 0.3 is 0 Å². The number of allylic oxidation sites excluding steroid dienone is 1. The molecule has 1 aliphatic carbocycles. The van der Waals surface area contributed by atoms with E-state index in [1.807, 2.05) is 0 Å². The summed E-state index contributed by atoms with van der Waals surface area (Å²) in [5.41, 5.74) is 4.93. The highest BCUT2D eigenvalue weighted by Crippen LogP contribution is 2.37. The Morgan fingerprint density at radius 2 is 1.39 bits per heavy atom. The third-order valence-corrected chi connectivity index (χ3v) is 5.95. The first-order valence-corrected chi connectivity index (χ1v) is 11.2. The average molecular weight is 371 g/mol. The quantitative estimate of drug-likeness (QED) is 0.452. The Bertz CT molecular complexity index is 788. The summed E-state index contributed by atoms with van der Waals surface area (Å²) < 4.78 is 0. The van der Waals surface area contributed by atoms with Crippen LogP contribution in [0.25, 0.3) is 6.08 Å². The first kappa shape index (κ1) is 20.5. The summed E-state index contributed by atoms with van der Waals surface area (Å²) in [6.45, 7) is 4.51. The lowest BCUT2D eigenvalue weighted by Crippen LogP contribution is -2.13. The van der Waals surface area contributed by atoms with Gasteiger partial charge in [0.05, 0.1) is 0 Å². The van der Waals surface area contributed by atoms with Crippen LogP contribution < -0.4 is 0 Å². The van der Waals surface area contributed by atoms with Gasteiger partial charge in [-0.2, -0.15) is 0 Å². The third-order valence-electron chi connectivity index (χ3n) is 5.95. The van der Waals surface area contributed by atoms with E-state index in [1.165, 1.54) is 56.1 Å². The fourth-order valence-electron chi connectivity index (χ4n) is 4.24. The number of hydrogen-bond acceptors (Lipinski definition) is 0. The van der Waals surface area contributed by atoms with Crippen molar-refractivity contribution >= 4 is 6.08 Å². The van der Waals surface area contributed by atoms with Gasteiger partial charge in [0.15, 0.2) is 0 Å². The summed E-state index contributed by atoms with van der Waals surface area (Å²) in [6.07, 6.45) is 15.0. The Morgan fingerprint density at radius 3 is 1.96 bits per heavy atom. The third kappa shape index (κ3) is 6.13. The van der Waals surface area contributed by atoms with Gasteiger partial charge in [0.25, 0.3) is 0 Å². The van der Waals surface area contributed by atoms with Gasteiger partial charge in [-0.3, -0.25) is 0 Å². The molecule has 0 bridgehead atoms. The molecule has 0 aromatic heterocycles. The molecule has 1 aliphatic rings. The number of benzene rings is 2. The zero-order valence-electron chi connectivity index (χ0n) is 17.6. The van der Waals surface area contributed by atoms with Gasteiger partial charge in [0, 0.05) is 11.1 Å². The molecule has 0 heteroatoms. The first-order valence-electron chi connectivity index (χ1n) is 11.2. The van der Waals surface area contributed by atoms with Crippen LogP contribution in [0.2, 0.25) is 0 Å². The lowest BCUT2D eigenvalue weighted by Gasteiger charge is -2.28. The molecule has 1 fully saturated rings. The molecule has 0 amide bonds. The minimum absolute atomic E-state index is 0.753. The topological polar surface area (TPSA) is 0 Å². The maximum absolute atomic E-state index is 3.32. The summed E-state index contributed by atoms with van der Waals surface area (Å²) in [4.78, 5) is 0. The molecular weight excluding hydrogens is 336 g/mol. The van der Waals surface area contributed by atoms with Crippen molar-refractivity contribution in [2.24, 2.45) is 5.92 Å². The monoisotopic (exact) mass is 370 g/mol. The Kier molecular flexibility index (Phi) is 7.98. The van der Waals surface area contributed by atoms with Crippen LogP contribution in [-0.4, -0.2) is 0 Å². The second-order valence-corrected chi connectivity index (χ2v) is 8.19. The molecule has 28 heavy (non-hydrogen) atoms. The van der Waals surface area contributed by atoms with Gasteiger partial charge < -0.3 is 0 Å². The highest BCUT2D eigenvalue weighted by atomic mass is 14.3. The fourth-order valence-corrected chi connectivity index (χ4v) is 4.24. The zero-order chi connectivity index (χ0) is 19.6. The van der Waals surface area contributed by atoms with E-state index in [0.717, 1.165) is 29.4 Å². The second kappa shape index (κ2) is 10.9. The lowest BCUT2D eigenvalue weighted by atomic mass is 9.77. The van der Waals surface area contributed by atoms with Crippen LogP contribution in [0.5, 0.6) is 0 Å². The van der Waals surface area contributed by atoms with Crippen LogP contribution >= 0.6 is 0 Å². The second-order valence-electron chi connectivity index (χ2n) is 8.19. The van der Waals surface area contributed by atoms with Crippen molar-refractivity contribution in [2.75, 3.05) is 0 Å². The largest absolute Gasteiger partial charge is 0.0840 e. The Labute approximate surface area is 172 Å². The van der Waals surface area contributed by atoms with Crippen molar-refractivity contribution in [1.29, 1.82) is 0 Å². The standard InChI is InChI=1S/C28H34/c1-3-5-6-8-24-9-11-25(12-10-24)13-14-26-17-21-28(22-18-26)27-19-15-23(7-4-2)16-20-27/h6,8-12,17-18,21-23,27H,3-5,7,15-16,19-20H2,1-2H3. The summed E-state index contributed by atoms with van der Waals surface area (Å²) >= 11 is 0. The smallest absolute Gasteiger partial charge is 0.0249 e. The molecule has 0 spiro atoms. The number of hydrogen-bond donors (Lipinski definition) is 0. The lowest BCUT2D eigenvalue weighted by molar-refractivity contribution is 0.308. The van der Waals surface area contributed by atoms with Gasteiger partial charge in [0.2, 0.25) is 0 Å². The van der Waals surface area contributed by atoms with E-state index in [2.05, 4.69) is 86.4 Å². The van der Waals surface area contributed by atoms with Gasteiger partial charge in [-0.15, -0.1) is 0 Å². The Morgan fingerprint density at radius 1 is 0.786 bits per heavy atom. The van der Waals surface area contributed by atoms with E-state index in [-0.39, 0.29) is 0 Å². The average Bonchev–Trinajstić information content (AvgIpc) is 2.75. The fraction of sp³-hybridized carbons (Fsp3) is 0.429. The van der Waals surface area contributed by atoms with Crippen molar-refractivity contribution in [2.45, 2.75) is 71.1 Å². The molecule has 2 aromatic carbocycles. The number of rotatable bonds is 6. The van der Waals surface area contributed by atoms with Crippen molar-refractivity contribution < 1.29 is 0 Å². The molecule has 0 nitrogen and oxygen atoms in total. The number of unbranched alkanes of at least 4 members (excludes halogenated alkanes) is 1. The normalized spacial score (nSPS) is 19.4. The predicted octanol–water partition coefficient (Wildman–Crippen LogP) is 7.97. The molecule has 0 atom stereocenters. The van der Waals surface area contributed by atoms with E-state index in [1.54, 1.807) is 0 Å². The summed E-state index contributed by atoms with van der Waals surface area (Å²) in [5, 5.41) is 0. The summed E-state index contributed by atoms with van der Waals surface area (Å²) in [5.74, 6) is 8.34. The molecule has 0 heterocycles. The van der Waals surface area contributed by atoms with Crippen LogP contribution in [0, 0.1) is 17.8 Å². The van der Waals surface area contributed by atoms with Crippen LogP contribution in [0.3, 0.4) is 0 Å². The molecule has 0 saturated heterocycles. The van der Waals surface area contributed by atoms with Gasteiger partial charge in [-0.1, -0.05) is 81.4 Å². The SMILES string of the molecule is CCCC=Cc1ccc(C#Cc2ccc(C3CCC(CCC)CC3)cc2)cc1. The molecule has 0 radical (unpaired) electrons. The predicted molar refractivity (Wildman–Crippen MR) is 122 cm³/mol. The Hall–Kier alpha value is -2.26. The molecular formula is C28H34. The molecule has 0 unspecified atom stereocenters. The maximum Gasteiger partial charge on any atom is 0.0249 e. The molecule has 2 aromatic rings. The highest BCUT2D eigenvalue weighted by Gasteiger charge is 2.21. The summed E-state index contributed by atoms with van der Waals surface area (Å²) in [6, 6.07) is 17.5. The minimum atomic E-state index is 0.753. The van der Waals surface area contributed by atoms with Crippen molar-refractivity contribution in [3.8, 4) is 11.8 Å². The van der Waals surface area contributed by atoms with Crippen molar-refractivity contribution in [3.63, 3.8) is 0 Å². The van der Waals surface area contributed by atoms with Gasteiger partial charge in [-0.05, 0) is 79.3 Å². The van der Waals surface area contributed by atoms with Crippen molar-refractivity contribution in [1.82, 2.24) is 0 Å². The minimum Gasteiger partial charge on any atom is -0.0840 e. The van der Waals surface area contributed by atoms with E-state index in [4.69, 9.17) is 0 Å². The van der Waals surface area contributed by atoms with E-state index in [0.29, 0.717) is 0 Å². The molecule has 0 N–H and O–H groups in total. The van der Waals surface area contributed by atoms with Crippen LogP contribution in [0.4, 0.5) is 0 Å². The zero-order valence-corrected chi connectivity index (χ0v) is 17.6. The van der Waals surface area contributed by atoms with Gasteiger partial charge in [-0.25, -0.2) is 0 Å².